The van der Waals surface area contributed by atoms with Gasteiger partial charge in [-0.05, 0) is 43.5 Å². The Morgan fingerprint density at radius 1 is 1.21 bits per heavy atom. The van der Waals surface area contributed by atoms with Gasteiger partial charge < -0.3 is 15.4 Å². The SMILES string of the molecule is Nc1ccc(-c2n[nH]c(C3CCCCN3C(=O)COc3ccccc3)n2)cn1. The molecule has 1 aliphatic heterocycles. The van der Waals surface area contributed by atoms with Crippen molar-refractivity contribution < 1.29 is 9.53 Å². The maximum Gasteiger partial charge on any atom is 0.261 e. The first-order valence-electron chi connectivity index (χ1n) is 9.32. The lowest BCUT2D eigenvalue weighted by molar-refractivity contribution is -0.137. The standard InChI is InChI=1S/C20H22N6O2/c21-17-10-9-14(12-22-17)19-23-20(25-24-19)16-8-4-5-11-26(16)18(27)13-28-15-6-2-1-3-7-15/h1-3,6-7,9-10,12,16H,4-5,8,11,13H2,(H2,21,22)(H,23,24,25). The van der Waals surface area contributed by atoms with Crippen LogP contribution >= 0.6 is 0 Å². The highest BCUT2D eigenvalue weighted by Gasteiger charge is 2.30. The monoisotopic (exact) mass is 378 g/mol. The van der Waals surface area contributed by atoms with Crippen LogP contribution in [0.4, 0.5) is 5.82 Å². The van der Waals surface area contributed by atoms with E-state index in [9.17, 15) is 4.79 Å². The fourth-order valence-electron chi connectivity index (χ4n) is 3.35. The minimum absolute atomic E-state index is 0.00336. The molecule has 0 saturated carbocycles. The molecule has 1 unspecified atom stereocenters. The zero-order chi connectivity index (χ0) is 19.3. The van der Waals surface area contributed by atoms with E-state index in [1.54, 1.807) is 12.3 Å². The maximum absolute atomic E-state index is 12.8. The van der Waals surface area contributed by atoms with Crippen LogP contribution < -0.4 is 10.5 Å². The Hall–Kier alpha value is -3.42. The van der Waals surface area contributed by atoms with Gasteiger partial charge in [-0.3, -0.25) is 9.89 Å². The Morgan fingerprint density at radius 2 is 2.07 bits per heavy atom. The quantitative estimate of drug-likeness (QED) is 0.706. The molecule has 1 saturated heterocycles. The first-order chi connectivity index (χ1) is 13.7. The lowest BCUT2D eigenvalue weighted by Gasteiger charge is -2.34. The highest BCUT2D eigenvalue weighted by molar-refractivity contribution is 5.78. The number of H-pyrrole nitrogens is 1. The van der Waals surface area contributed by atoms with E-state index in [1.807, 2.05) is 41.3 Å². The van der Waals surface area contributed by atoms with Crippen molar-refractivity contribution in [2.75, 3.05) is 18.9 Å². The number of likely N-dealkylation sites (tertiary alicyclic amines) is 1. The molecule has 4 rings (SSSR count). The number of nitrogens with one attached hydrogen (secondary N) is 1. The number of piperidine rings is 1. The Bertz CT molecular complexity index is 925. The minimum Gasteiger partial charge on any atom is -0.484 e. The van der Waals surface area contributed by atoms with Crippen molar-refractivity contribution in [3.8, 4) is 17.1 Å². The number of rotatable bonds is 5. The number of carbonyl (C=O) groups excluding carboxylic acids is 1. The summed E-state index contributed by atoms with van der Waals surface area (Å²) in [5, 5.41) is 7.28. The summed E-state index contributed by atoms with van der Waals surface area (Å²) in [4.78, 5) is 23.3. The smallest absolute Gasteiger partial charge is 0.261 e. The van der Waals surface area contributed by atoms with Crippen molar-refractivity contribution in [3.63, 3.8) is 0 Å². The van der Waals surface area contributed by atoms with Crippen LogP contribution in [-0.2, 0) is 4.79 Å². The van der Waals surface area contributed by atoms with Gasteiger partial charge in [0.25, 0.3) is 5.91 Å². The van der Waals surface area contributed by atoms with Crippen molar-refractivity contribution in [1.29, 1.82) is 0 Å². The molecule has 2 aromatic heterocycles. The molecule has 144 valence electrons. The Kier molecular flexibility index (Phi) is 5.18. The molecule has 1 amide bonds. The van der Waals surface area contributed by atoms with Gasteiger partial charge in [0.1, 0.15) is 17.4 Å². The molecule has 0 spiro atoms. The van der Waals surface area contributed by atoms with E-state index >= 15 is 0 Å². The third-order valence-corrected chi connectivity index (χ3v) is 4.79. The van der Waals surface area contributed by atoms with Gasteiger partial charge in [-0.2, -0.15) is 5.10 Å². The number of amides is 1. The molecule has 8 nitrogen and oxygen atoms in total. The first-order valence-corrected chi connectivity index (χ1v) is 9.32. The van der Waals surface area contributed by atoms with E-state index in [1.165, 1.54) is 0 Å². The number of ether oxygens (including phenoxy) is 1. The van der Waals surface area contributed by atoms with Crippen LogP contribution in [0.3, 0.4) is 0 Å². The third kappa shape index (κ3) is 3.95. The number of nitrogens with zero attached hydrogens (tertiary/aromatic N) is 4. The van der Waals surface area contributed by atoms with E-state index < -0.39 is 0 Å². The molecule has 28 heavy (non-hydrogen) atoms. The highest BCUT2D eigenvalue weighted by Crippen LogP contribution is 2.30. The van der Waals surface area contributed by atoms with Gasteiger partial charge in [0.15, 0.2) is 12.4 Å². The van der Waals surface area contributed by atoms with Crippen LogP contribution in [0.2, 0.25) is 0 Å². The molecule has 3 aromatic rings. The number of hydrogen-bond acceptors (Lipinski definition) is 6. The van der Waals surface area contributed by atoms with Crippen molar-refractivity contribution in [2.24, 2.45) is 0 Å². The molecule has 0 radical (unpaired) electrons. The van der Waals surface area contributed by atoms with Crippen molar-refractivity contribution in [1.82, 2.24) is 25.1 Å². The number of para-hydroxylation sites is 1. The number of hydrogen-bond donors (Lipinski definition) is 2. The Morgan fingerprint density at radius 3 is 2.86 bits per heavy atom. The number of anilines is 1. The summed E-state index contributed by atoms with van der Waals surface area (Å²) in [6, 6.07) is 12.7. The summed E-state index contributed by atoms with van der Waals surface area (Å²) >= 11 is 0. The van der Waals surface area contributed by atoms with Gasteiger partial charge in [-0.15, -0.1) is 0 Å². The average molecular weight is 378 g/mol. The fraction of sp³-hybridized carbons (Fsp3) is 0.300. The van der Waals surface area contributed by atoms with Crippen LogP contribution in [0, 0.1) is 0 Å². The molecular formula is C20H22N6O2. The number of aromatic amines is 1. The van der Waals surface area contributed by atoms with Crippen molar-refractivity contribution >= 4 is 11.7 Å². The first kappa shape index (κ1) is 18.0. The normalized spacial score (nSPS) is 16.7. The van der Waals surface area contributed by atoms with E-state index in [4.69, 9.17) is 10.5 Å². The summed E-state index contributed by atoms with van der Waals surface area (Å²) in [7, 11) is 0. The number of carbonyl (C=O) groups is 1. The summed E-state index contributed by atoms with van der Waals surface area (Å²) in [6.07, 6.45) is 4.48. The summed E-state index contributed by atoms with van der Waals surface area (Å²) in [5.41, 5.74) is 6.41. The van der Waals surface area contributed by atoms with E-state index in [2.05, 4.69) is 20.2 Å². The Labute approximate surface area is 162 Å². The predicted molar refractivity (Wildman–Crippen MR) is 104 cm³/mol. The summed E-state index contributed by atoms with van der Waals surface area (Å²) < 4.78 is 5.63. The molecular weight excluding hydrogens is 356 g/mol. The predicted octanol–water partition coefficient (Wildman–Crippen LogP) is 2.58. The van der Waals surface area contributed by atoms with Crippen LogP contribution in [0.1, 0.15) is 31.1 Å². The van der Waals surface area contributed by atoms with Gasteiger partial charge >= 0.3 is 0 Å². The summed E-state index contributed by atoms with van der Waals surface area (Å²) in [5.74, 6) is 2.30. The fourth-order valence-corrected chi connectivity index (χ4v) is 3.35. The highest BCUT2D eigenvalue weighted by atomic mass is 16.5. The zero-order valence-corrected chi connectivity index (χ0v) is 15.4. The van der Waals surface area contributed by atoms with Crippen LogP contribution in [0.5, 0.6) is 5.75 Å². The minimum atomic E-state index is -0.136. The van der Waals surface area contributed by atoms with E-state index in [0.29, 0.717) is 29.8 Å². The molecule has 1 aliphatic rings. The molecule has 8 heteroatoms. The zero-order valence-electron chi connectivity index (χ0n) is 15.4. The number of nitrogens with two attached hydrogens (primary N) is 1. The van der Waals surface area contributed by atoms with Crippen molar-refractivity contribution in [2.45, 2.75) is 25.3 Å². The van der Waals surface area contributed by atoms with Crippen molar-refractivity contribution in [3.05, 3.63) is 54.5 Å². The number of pyridine rings is 1. The van der Waals surface area contributed by atoms with Gasteiger partial charge in [0, 0.05) is 18.3 Å². The van der Waals surface area contributed by atoms with Gasteiger partial charge in [0.05, 0.1) is 6.04 Å². The second-order valence-electron chi connectivity index (χ2n) is 6.72. The largest absolute Gasteiger partial charge is 0.484 e. The van der Waals surface area contributed by atoms with Gasteiger partial charge in [-0.25, -0.2) is 9.97 Å². The maximum atomic E-state index is 12.8. The molecule has 1 aromatic carbocycles. The Balaban J connectivity index is 1.47. The van der Waals surface area contributed by atoms with Crippen LogP contribution in [-0.4, -0.2) is 44.1 Å². The topological polar surface area (TPSA) is 110 Å². The van der Waals surface area contributed by atoms with Crippen LogP contribution in [0.25, 0.3) is 11.4 Å². The van der Waals surface area contributed by atoms with E-state index in [0.717, 1.165) is 24.8 Å². The van der Waals surface area contributed by atoms with Gasteiger partial charge in [0.2, 0.25) is 0 Å². The molecule has 3 N–H and O–H groups in total. The molecule has 0 bridgehead atoms. The molecule has 0 aliphatic carbocycles. The number of benzene rings is 1. The lowest BCUT2D eigenvalue weighted by atomic mass is 10.0. The second-order valence-corrected chi connectivity index (χ2v) is 6.72. The number of aromatic nitrogens is 4. The second kappa shape index (κ2) is 8.08. The molecule has 1 fully saturated rings. The molecule has 3 heterocycles. The lowest BCUT2D eigenvalue weighted by Crippen LogP contribution is -2.41. The third-order valence-electron chi connectivity index (χ3n) is 4.79. The van der Waals surface area contributed by atoms with Gasteiger partial charge in [-0.1, -0.05) is 18.2 Å². The van der Waals surface area contributed by atoms with Crippen LogP contribution in [0.15, 0.2) is 48.7 Å². The number of nitrogen functional groups attached to an aromatic ring is 1. The molecule has 1 atom stereocenters. The summed E-state index contributed by atoms with van der Waals surface area (Å²) in [6.45, 7) is 0.685. The average Bonchev–Trinajstić information content (AvgIpc) is 3.23. The van der Waals surface area contributed by atoms with E-state index in [-0.39, 0.29) is 18.6 Å².